The Labute approximate surface area is 80.5 Å². The Balaban J connectivity index is 3.03. The summed E-state index contributed by atoms with van der Waals surface area (Å²) in [7, 11) is 1.69. The number of aromatic nitrogens is 2. The first-order chi connectivity index (χ1) is 6.56. The summed E-state index contributed by atoms with van der Waals surface area (Å²) in [6.45, 7) is 1.69. The molecule has 0 aromatic carbocycles. The van der Waals surface area contributed by atoms with Crippen molar-refractivity contribution in [1.29, 1.82) is 0 Å². The maximum Gasteiger partial charge on any atom is 0.331 e. The number of aryl methyl sites for hydroxylation is 2. The minimum absolute atomic E-state index is 0.366. The molecule has 6 nitrogen and oxygen atoms in total. The van der Waals surface area contributed by atoms with E-state index in [1.54, 1.807) is 20.2 Å². The molecule has 1 atom stereocenters. The van der Waals surface area contributed by atoms with E-state index < -0.39 is 12.0 Å². The first-order valence-electron chi connectivity index (χ1n) is 3.99. The summed E-state index contributed by atoms with van der Waals surface area (Å²) < 4.78 is 1.51. The molecule has 0 fully saturated rings. The molecule has 0 bridgehead atoms. The fourth-order valence-electron chi connectivity index (χ4n) is 1.26. The molecule has 1 amide bonds. The summed E-state index contributed by atoms with van der Waals surface area (Å²) >= 11 is 0. The Morgan fingerprint density at radius 3 is 2.79 bits per heavy atom. The molecule has 1 rings (SSSR count). The van der Waals surface area contributed by atoms with Gasteiger partial charge in [-0.25, -0.2) is 4.79 Å². The van der Waals surface area contributed by atoms with Crippen LogP contribution in [0.3, 0.4) is 0 Å². The molecule has 1 unspecified atom stereocenters. The van der Waals surface area contributed by atoms with E-state index >= 15 is 0 Å². The molecule has 0 saturated carbocycles. The smallest absolute Gasteiger partial charge is 0.331 e. The number of carboxylic acids is 1. The third-order valence-corrected chi connectivity index (χ3v) is 1.84. The second-order valence-corrected chi connectivity index (χ2v) is 2.90. The van der Waals surface area contributed by atoms with Gasteiger partial charge in [0.25, 0.3) is 0 Å². The number of amides is 1. The highest BCUT2D eigenvalue weighted by Gasteiger charge is 2.22. The second kappa shape index (κ2) is 3.91. The van der Waals surface area contributed by atoms with Crippen molar-refractivity contribution in [3.8, 4) is 0 Å². The van der Waals surface area contributed by atoms with Crippen LogP contribution in [-0.2, 0) is 16.6 Å². The van der Waals surface area contributed by atoms with Crippen molar-refractivity contribution in [2.24, 2.45) is 7.05 Å². The lowest BCUT2D eigenvalue weighted by atomic mass is 10.1. The number of rotatable bonds is 4. The van der Waals surface area contributed by atoms with E-state index in [1.165, 1.54) is 4.68 Å². The molecule has 6 heteroatoms. The molecule has 0 aliphatic carbocycles. The van der Waals surface area contributed by atoms with Crippen LogP contribution in [0.2, 0.25) is 0 Å². The first-order valence-corrected chi connectivity index (χ1v) is 3.99. The van der Waals surface area contributed by atoms with Gasteiger partial charge in [-0.1, -0.05) is 0 Å². The summed E-state index contributed by atoms with van der Waals surface area (Å²) in [5.41, 5.74) is 1.08. The van der Waals surface area contributed by atoms with Crippen LogP contribution in [0.5, 0.6) is 0 Å². The van der Waals surface area contributed by atoms with Gasteiger partial charge in [0.15, 0.2) is 6.04 Å². The summed E-state index contributed by atoms with van der Waals surface area (Å²) in [6.07, 6.45) is 1.94. The number of hydrogen-bond donors (Lipinski definition) is 2. The number of carbonyl (C=O) groups excluding carboxylic acids is 1. The van der Waals surface area contributed by atoms with E-state index in [2.05, 4.69) is 10.4 Å². The zero-order chi connectivity index (χ0) is 10.7. The van der Waals surface area contributed by atoms with Gasteiger partial charge in [0.1, 0.15) is 0 Å². The molecule has 2 N–H and O–H groups in total. The molecule has 1 aromatic heterocycles. The maximum atomic E-state index is 10.8. The van der Waals surface area contributed by atoms with Crippen molar-refractivity contribution in [1.82, 2.24) is 15.1 Å². The van der Waals surface area contributed by atoms with E-state index in [0.717, 1.165) is 0 Å². The molecular formula is C8H11N3O3. The number of nitrogens with zero attached hydrogens (tertiary/aromatic N) is 2. The third kappa shape index (κ3) is 1.90. The average Bonchev–Trinajstić information content (AvgIpc) is 2.40. The zero-order valence-corrected chi connectivity index (χ0v) is 7.89. The van der Waals surface area contributed by atoms with Gasteiger partial charge in [-0.15, -0.1) is 0 Å². The summed E-state index contributed by atoms with van der Waals surface area (Å²) in [5.74, 6) is -1.10. The van der Waals surface area contributed by atoms with E-state index in [0.29, 0.717) is 17.7 Å². The fraction of sp³-hybridized carbons (Fsp3) is 0.375. The average molecular weight is 197 g/mol. The largest absolute Gasteiger partial charge is 0.479 e. The van der Waals surface area contributed by atoms with Crippen molar-refractivity contribution in [3.63, 3.8) is 0 Å². The summed E-state index contributed by atoms with van der Waals surface area (Å²) in [5, 5.41) is 15.0. The minimum atomic E-state index is -1.10. The van der Waals surface area contributed by atoms with Gasteiger partial charge in [-0.05, 0) is 6.92 Å². The van der Waals surface area contributed by atoms with Crippen LogP contribution in [0.1, 0.15) is 17.3 Å². The maximum absolute atomic E-state index is 10.8. The Morgan fingerprint density at radius 2 is 2.43 bits per heavy atom. The van der Waals surface area contributed by atoms with E-state index in [1.807, 2.05) is 0 Å². The van der Waals surface area contributed by atoms with Gasteiger partial charge in [0, 0.05) is 18.8 Å². The van der Waals surface area contributed by atoms with Crippen LogP contribution in [0, 0.1) is 6.92 Å². The number of carboxylic acid groups (broad SMARTS) is 1. The monoisotopic (exact) mass is 197 g/mol. The lowest BCUT2D eigenvalue weighted by Crippen LogP contribution is -2.27. The summed E-state index contributed by atoms with van der Waals surface area (Å²) in [6, 6.07) is -1.03. The van der Waals surface area contributed by atoms with Crippen molar-refractivity contribution >= 4 is 12.4 Å². The molecule has 0 saturated heterocycles. The normalized spacial score (nSPS) is 12.1. The predicted octanol–water partition coefficient (Wildman–Crippen LogP) is -0.400. The second-order valence-electron chi connectivity index (χ2n) is 2.90. The number of nitrogens with one attached hydrogen (secondary N) is 1. The van der Waals surface area contributed by atoms with E-state index in [-0.39, 0.29) is 0 Å². The van der Waals surface area contributed by atoms with Crippen molar-refractivity contribution in [3.05, 3.63) is 17.5 Å². The molecule has 0 radical (unpaired) electrons. The van der Waals surface area contributed by atoms with Crippen LogP contribution in [0.25, 0.3) is 0 Å². The van der Waals surface area contributed by atoms with Crippen LogP contribution in [0.4, 0.5) is 0 Å². The van der Waals surface area contributed by atoms with E-state index in [9.17, 15) is 9.59 Å². The minimum Gasteiger partial charge on any atom is -0.479 e. The topological polar surface area (TPSA) is 84.2 Å². The predicted molar refractivity (Wildman–Crippen MR) is 47.5 cm³/mol. The standard InChI is InChI=1S/C8H11N3O3/c1-5-6(3-11(2)10-5)7(8(13)14)9-4-12/h3-4,7H,1-2H3,(H,9,12)(H,13,14). The van der Waals surface area contributed by atoms with Crippen molar-refractivity contribution in [2.45, 2.75) is 13.0 Å². The summed E-state index contributed by atoms with van der Waals surface area (Å²) in [4.78, 5) is 21.0. The lowest BCUT2D eigenvalue weighted by Gasteiger charge is -2.09. The number of hydrogen-bond acceptors (Lipinski definition) is 3. The molecule has 0 aliphatic heterocycles. The van der Waals surface area contributed by atoms with Crippen molar-refractivity contribution < 1.29 is 14.7 Å². The lowest BCUT2D eigenvalue weighted by molar-refractivity contribution is -0.140. The van der Waals surface area contributed by atoms with Gasteiger partial charge >= 0.3 is 5.97 Å². The van der Waals surface area contributed by atoms with Gasteiger partial charge < -0.3 is 10.4 Å². The van der Waals surface area contributed by atoms with Crippen molar-refractivity contribution in [2.75, 3.05) is 0 Å². The molecule has 0 aliphatic rings. The van der Waals surface area contributed by atoms with Crippen LogP contribution >= 0.6 is 0 Å². The molecular weight excluding hydrogens is 186 g/mol. The Bertz CT molecular complexity index is 359. The van der Waals surface area contributed by atoms with Gasteiger partial charge in [0.05, 0.1) is 5.69 Å². The quantitative estimate of drug-likeness (QED) is 0.643. The van der Waals surface area contributed by atoms with Crippen LogP contribution < -0.4 is 5.32 Å². The van der Waals surface area contributed by atoms with Gasteiger partial charge in [-0.2, -0.15) is 5.10 Å². The first kappa shape index (κ1) is 10.2. The number of aliphatic carboxylic acids is 1. The van der Waals surface area contributed by atoms with Crippen LogP contribution in [-0.4, -0.2) is 27.3 Å². The molecule has 1 aromatic rings. The van der Waals surface area contributed by atoms with Gasteiger partial charge in [0.2, 0.25) is 6.41 Å². The SMILES string of the molecule is Cc1nn(C)cc1C(NC=O)C(=O)O. The zero-order valence-electron chi connectivity index (χ0n) is 7.89. The van der Waals surface area contributed by atoms with Crippen LogP contribution in [0.15, 0.2) is 6.20 Å². The highest BCUT2D eigenvalue weighted by molar-refractivity contribution is 5.78. The molecule has 0 spiro atoms. The highest BCUT2D eigenvalue weighted by atomic mass is 16.4. The molecule has 14 heavy (non-hydrogen) atoms. The Morgan fingerprint density at radius 1 is 1.79 bits per heavy atom. The highest BCUT2D eigenvalue weighted by Crippen LogP contribution is 2.15. The Hall–Kier alpha value is -1.85. The fourth-order valence-corrected chi connectivity index (χ4v) is 1.26. The molecule has 76 valence electrons. The molecule has 1 heterocycles. The third-order valence-electron chi connectivity index (χ3n) is 1.84. The van der Waals surface area contributed by atoms with Gasteiger partial charge in [-0.3, -0.25) is 9.48 Å². The Kier molecular flexibility index (Phi) is 2.85. The van der Waals surface area contributed by atoms with E-state index in [4.69, 9.17) is 5.11 Å². The number of carbonyl (C=O) groups is 2.